The molecule has 0 fully saturated rings. The number of sulfone groups is 1. The Balaban J connectivity index is 2.63. The van der Waals surface area contributed by atoms with Crippen LogP contribution in [0.2, 0.25) is 0 Å². The van der Waals surface area contributed by atoms with Crippen molar-refractivity contribution in [1.29, 1.82) is 5.26 Å². The van der Waals surface area contributed by atoms with Crippen molar-refractivity contribution in [2.75, 3.05) is 17.8 Å². The zero-order valence-corrected chi connectivity index (χ0v) is 9.68. The molecule has 0 saturated heterocycles. The molecule has 0 bridgehead atoms. The maximum Gasteiger partial charge on any atom is 0.148 e. The van der Waals surface area contributed by atoms with Gasteiger partial charge in [-0.1, -0.05) is 0 Å². The average Bonchev–Trinajstić information content (AvgIpc) is 2.16. The van der Waals surface area contributed by atoms with Crippen LogP contribution in [0.25, 0.3) is 0 Å². The minimum absolute atomic E-state index is 0.0686. The predicted octanol–water partition coefficient (Wildman–Crippen LogP) is 0.485. The van der Waals surface area contributed by atoms with E-state index >= 15 is 0 Å². The molecule has 15 heavy (non-hydrogen) atoms. The summed E-state index contributed by atoms with van der Waals surface area (Å²) in [5.74, 6) is 0.450. The van der Waals surface area contributed by atoms with Crippen molar-refractivity contribution in [3.8, 4) is 6.07 Å². The van der Waals surface area contributed by atoms with E-state index in [9.17, 15) is 8.42 Å². The number of hydrogen-bond acceptors (Lipinski definition) is 6. The summed E-state index contributed by atoms with van der Waals surface area (Å²) in [5.41, 5.74) is 0.420. The molecule has 0 radical (unpaired) electrons. The highest BCUT2D eigenvalue weighted by Gasteiger charge is 2.07. The Kier molecular flexibility index (Phi) is 4.05. The lowest BCUT2D eigenvalue weighted by atomic mass is 10.3. The van der Waals surface area contributed by atoms with Crippen molar-refractivity contribution in [2.45, 2.75) is 5.03 Å². The molecule has 0 unspecified atom stereocenters. The Hall–Kier alpha value is -1.13. The number of aromatic nitrogens is 2. The molecule has 0 aliphatic carbocycles. The molecule has 1 rings (SSSR count). The second-order valence-electron chi connectivity index (χ2n) is 2.84. The summed E-state index contributed by atoms with van der Waals surface area (Å²) in [4.78, 5) is 0. The predicted molar refractivity (Wildman–Crippen MR) is 57.2 cm³/mol. The van der Waals surface area contributed by atoms with E-state index < -0.39 is 9.84 Å². The fourth-order valence-electron chi connectivity index (χ4n) is 0.800. The maximum absolute atomic E-state index is 10.9. The number of rotatable bonds is 4. The summed E-state index contributed by atoms with van der Waals surface area (Å²) < 4.78 is 21.7. The van der Waals surface area contributed by atoms with Gasteiger partial charge in [-0.25, -0.2) is 8.42 Å². The minimum Gasteiger partial charge on any atom is -0.229 e. The van der Waals surface area contributed by atoms with E-state index in [-0.39, 0.29) is 5.75 Å². The fraction of sp³-hybridized carbons (Fsp3) is 0.375. The third kappa shape index (κ3) is 4.27. The third-order valence-corrected chi connectivity index (χ3v) is 3.69. The molecule has 0 aliphatic rings. The highest BCUT2D eigenvalue weighted by Crippen LogP contribution is 2.18. The Morgan fingerprint density at radius 3 is 2.93 bits per heavy atom. The topological polar surface area (TPSA) is 83.7 Å². The van der Waals surface area contributed by atoms with Gasteiger partial charge in [-0.3, -0.25) is 0 Å². The van der Waals surface area contributed by atoms with Crippen LogP contribution in [0.1, 0.15) is 5.56 Å². The lowest BCUT2D eigenvalue weighted by Gasteiger charge is -2.00. The summed E-state index contributed by atoms with van der Waals surface area (Å²) in [6.45, 7) is 0. The SMILES string of the molecule is CS(=O)(=O)CCSc1nnccc1C#N. The molecule has 0 aliphatic heterocycles. The van der Waals surface area contributed by atoms with Gasteiger partial charge < -0.3 is 0 Å². The van der Waals surface area contributed by atoms with Crippen LogP contribution in [-0.2, 0) is 9.84 Å². The van der Waals surface area contributed by atoms with Crippen molar-refractivity contribution in [3.05, 3.63) is 17.8 Å². The summed E-state index contributed by atoms with van der Waals surface area (Å²) in [7, 11) is -2.97. The van der Waals surface area contributed by atoms with Crippen LogP contribution in [0.4, 0.5) is 0 Å². The van der Waals surface area contributed by atoms with Crippen molar-refractivity contribution < 1.29 is 8.42 Å². The summed E-state index contributed by atoms with van der Waals surface area (Å²) in [6.07, 6.45) is 2.61. The monoisotopic (exact) mass is 243 g/mol. The van der Waals surface area contributed by atoms with Crippen molar-refractivity contribution in [2.24, 2.45) is 0 Å². The van der Waals surface area contributed by atoms with E-state index in [0.29, 0.717) is 16.3 Å². The van der Waals surface area contributed by atoms with E-state index in [1.807, 2.05) is 6.07 Å². The zero-order valence-electron chi connectivity index (χ0n) is 8.04. The van der Waals surface area contributed by atoms with E-state index in [2.05, 4.69) is 10.2 Å². The minimum atomic E-state index is -2.97. The van der Waals surface area contributed by atoms with Crippen molar-refractivity contribution in [1.82, 2.24) is 10.2 Å². The first kappa shape index (κ1) is 11.9. The largest absolute Gasteiger partial charge is 0.229 e. The molecule has 0 saturated carbocycles. The molecule has 0 spiro atoms. The van der Waals surface area contributed by atoms with Crippen LogP contribution < -0.4 is 0 Å². The van der Waals surface area contributed by atoms with Gasteiger partial charge in [0.1, 0.15) is 20.9 Å². The highest BCUT2D eigenvalue weighted by atomic mass is 32.2. The van der Waals surface area contributed by atoms with Gasteiger partial charge in [0.25, 0.3) is 0 Å². The van der Waals surface area contributed by atoms with E-state index in [0.717, 1.165) is 0 Å². The van der Waals surface area contributed by atoms with Gasteiger partial charge in [0.05, 0.1) is 17.5 Å². The summed E-state index contributed by atoms with van der Waals surface area (Å²) in [5, 5.41) is 16.6. The van der Waals surface area contributed by atoms with Crippen molar-refractivity contribution >= 4 is 21.6 Å². The quantitative estimate of drug-likeness (QED) is 0.715. The lowest BCUT2D eigenvalue weighted by molar-refractivity contribution is 0.603. The van der Waals surface area contributed by atoms with Crippen LogP contribution in [0, 0.1) is 11.3 Å². The Morgan fingerprint density at radius 2 is 2.33 bits per heavy atom. The summed E-state index contributed by atoms with van der Waals surface area (Å²) >= 11 is 1.22. The number of nitrogens with zero attached hydrogens (tertiary/aromatic N) is 3. The first-order chi connectivity index (χ1) is 7.03. The molecule has 1 heterocycles. The normalized spacial score (nSPS) is 10.9. The Morgan fingerprint density at radius 1 is 1.60 bits per heavy atom. The van der Waals surface area contributed by atoms with Crippen LogP contribution in [0.5, 0.6) is 0 Å². The van der Waals surface area contributed by atoms with Crippen LogP contribution in [0.3, 0.4) is 0 Å². The molecule has 0 amide bonds. The number of nitriles is 1. The van der Waals surface area contributed by atoms with Gasteiger partial charge in [-0.2, -0.15) is 10.4 Å². The van der Waals surface area contributed by atoms with E-state index in [1.54, 1.807) is 6.07 Å². The second-order valence-corrected chi connectivity index (χ2v) is 6.18. The molecule has 80 valence electrons. The smallest absolute Gasteiger partial charge is 0.148 e. The standard InChI is InChI=1S/C8H9N3O2S2/c1-15(12,13)5-4-14-8-7(6-9)2-3-10-11-8/h2-3H,4-5H2,1H3. The highest BCUT2D eigenvalue weighted by molar-refractivity contribution is 8.00. The van der Waals surface area contributed by atoms with Gasteiger partial charge in [-0.05, 0) is 6.07 Å². The van der Waals surface area contributed by atoms with Crippen LogP contribution in [-0.4, -0.2) is 36.4 Å². The number of thioether (sulfide) groups is 1. The maximum atomic E-state index is 10.9. The van der Waals surface area contributed by atoms with Gasteiger partial charge in [0.2, 0.25) is 0 Å². The Bertz CT molecular complexity index is 479. The average molecular weight is 243 g/mol. The fourth-order valence-corrected chi connectivity index (χ4v) is 2.91. The first-order valence-corrected chi connectivity index (χ1v) is 7.10. The molecule has 1 aromatic heterocycles. The third-order valence-electron chi connectivity index (χ3n) is 1.50. The molecule has 0 aromatic carbocycles. The molecule has 5 nitrogen and oxygen atoms in total. The molecule has 0 N–H and O–H groups in total. The second kappa shape index (κ2) is 5.09. The molecular formula is C8H9N3O2S2. The van der Waals surface area contributed by atoms with Crippen LogP contribution >= 0.6 is 11.8 Å². The Labute approximate surface area is 92.4 Å². The van der Waals surface area contributed by atoms with Crippen molar-refractivity contribution in [3.63, 3.8) is 0 Å². The van der Waals surface area contributed by atoms with Gasteiger partial charge in [-0.15, -0.1) is 16.9 Å². The molecule has 7 heteroatoms. The van der Waals surface area contributed by atoms with Crippen LogP contribution in [0.15, 0.2) is 17.3 Å². The lowest BCUT2D eigenvalue weighted by Crippen LogP contribution is -2.05. The van der Waals surface area contributed by atoms with E-state index in [4.69, 9.17) is 5.26 Å². The molecular weight excluding hydrogens is 234 g/mol. The van der Waals surface area contributed by atoms with Gasteiger partial charge >= 0.3 is 0 Å². The number of hydrogen-bond donors (Lipinski definition) is 0. The first-order valence-electron chi connectivity index (χ1n) is 4.05. The summed E-state index contributed by atoms with van der Waals surface area (Å²) in [6, 6.07) is 3.52. The van der Waals surface area contributed by atoms with Gasteiger partial charge in [0.15, 0.2) is 0 Å². The molecule has 0 atom stereocenters. The van der Waals surface area contributed by atoms with E-state index in [1.165, 1.54) is 24.2 Å². The molecule has 1 aromatic rings. The van der Waals surface area contributed by atoms with Gasteiger partial charge in [0, 0.05) is 12.0 Å². The zero-order chi connectivity index (χ0) is 11.3.